The molecule has 0 bridgehead atoms. The van der Waals surface area contributed by atoms with Crippen LogP contribution in [0.4, 0.5) is 10.5 Å². The Kier molecular flexibility index (Phi) is 5.12. The molecule has 21 heavy (non-hydrogen) atoms. The lowest BCUT2D eigenvalue weighted by atomic mass is 9.93. The van der Waals surface area contributed by atoms with Crippen LogP contribution in [0.1, 0.15) is 32.1 Å². The third-order valence-corrected chi connectivity index (χ3v) is 4.48. The van der Waals surface area contributed by atoms with Crippen LogP contribution < -0.4 is 10.6 Å². The lowest BCUT2D eigenvalue weighted by Crippen LogP contribution is -2.49. The van der Waals surface area contributed by atoms with E-state index in [1.165, 1.54) is 0 Å². The number of anilines is 1. The first-order chi connectivity index (χ1) is 10.0. The van der Waals surface area contributed by atoms with E-state index < -0.39 is 11.5 Å². The Bertz CT molecular complexity index is 527. The average Bonchev–Trinajstić information content (AvgIpc) is 2.85. The van der Waals surface area contributed by atoms with Crippen LogP contribution in [-0.2, 0) is 4.79 Å². The number of urea groups is 1. The summed E-state index contributed by atoms with van der Waals surface area (Å²) in [4.78, 5) is 24.2. The second-order valence-electron chi connectivity index (χ2n) is 5.37. The van der Waals surface area contributed by atoms with Crippen LogP contribution in [0.15, 0.2) is 29.2 Å². The first kappa shape index (κ1) is 15.7. The molecule has 0 heterocycles. The third-order valence-electron chi connectivity index (χ3n) is 3.76. The molecular formula is C15H20N2O3S. The van der Waals surface area contributed by atoms with Gasteiger partial charge in [-0.15, -0.1) is 11.8 Å². The molecule has 1 aliphatic rings. The molecule has 0 radical (unpaired) electrons. The van der Waals surface area contributed by atoms with Gasteiger partial charge in [0.2, 0.25) is 0 Å². The number of aliphatic carboxylic acids is 1. The minimum absolute atomic E-state index is 0.0225. The second kappa shape index (κ2) is 6.85. The van der Waals surface area contributed by atoms with Gasteiger partial charge in [-0.25, -0.2) is 4.79 Å². The highest BCUT2D eigenvalue weighted by Gasteiger charge is 2.37. The fraction of sp³-hybridized carbons (Fsp3) is 0.467. The summed E-state index contributed by atoms with van der Waals surface area (Å²) >= 11 is 1.60. The van der Waals surface area contributed by atoms with Gasteiger partial charge in [0.15, 0.2) is 0 Å². The quantitative estimate of drug-likeness (QED) is 0.729. The molecule has 0 atom stereocenters. The van der Waals surface area contributed by atoms with Crippen molar-refractivity contribution in [3.8, 4) is 0 Å². The zero-order valence-corrected chi connectivity index (χ0v) is 12.8. The van der Waals surface area contributed by atoms with Gasteiger partial charge in [-0.1, -0.05) is 18.9 Å². The molecule has 3 N–H and O–H groups in total. The SMILES string of the molecule is CSc1cccc(NC(=O)NC2(CC(=O)O)CCCC2)c1. The number of carbonyl (C=O) groups excluding carboxylic acids is 1. The van der Waals surface area contributed by atoms with Crippen molar-refractivity contribution in [2.75, 3.05) is 11.6 Å². The predicted molar refractivity (Wildman–Crippen MR) is 83.8 cm³/mol. The Hall–Kier alpha value is -1.69. The number of carboxylic acids is 1. The topological polar surface area (TPSA) is 78.4 Å². The van der Waals surface area contributed by atoms with Crippen LogP contribution in [0, 0.1) is 0 Å². The number of hydrogen-bond acceptors (Lipinski definition) is 3. The number of amides is 2. The summed E-state index contributed by atoms with van der Waals surface area (Å²) in [6, 6.07) is 7.22. The van der Waals surface area contributed by atoms with Crippen molar-refractivity contribution >= 4 is 29.4 Å². The fourth-order valence-corrected chi connectivity index (χ4v) is 3.25. The van der Waals surface area contributed by atoms with E-state index in [0.29, 0.717) is 5.69 Å². The molecule has 0 saturated heterocycles. The Morgan fingerprint density at radius 1 is 1.33 bits per heavy atom. The number of benzene rings is 1. The maximum Gasteiger partial charge on any atom is 0.319 e. The van der Waals surface area contributed by atoms with E-state index in [2.05, 4.69) is 10.6 Å². The van der Waals surface area contributed by atoms with Crippen LogP contribution >= 0.6 is 11.8 Å². The molecule has 2 rings (SSSR count). The number of rotatable bonds is 5. The third kappa shape index (κ3) is 4.39. The number of carboxylic acid groups (broad SMARTS) is 1. The van der Waals surface area contributed by atoms with Gasteiger partial charge in [0.25, 0.3) is 0 Å². The number of carbonyl (C=O) groups is 2. The zero-order valence-electron chi connectivity index (χ0n) is 12.0. The van der Waals surface area contributed by atoms with Crippen LogP contribution in [-0.4, -0.2) is 28.9 Å². The molecule has 114 valence electrons. The normalized spacial score (nSPS) is 16.4. The van der Waals surface area contributed by atoms with E-state index in [1.807, 2.05) is 30.5 Å². The molecule has 0 aromatic heterocycles. The average molecular weight is 308 g/mol. The second-order valence-corrected chi connectivity index (χ2v) is 6.25. The molecule has 0 unspecified atom stereocenters. The summed E-state index contributed by atoms with van der Waals surface area (Å²) < 4.78 is 0. The van der Waals surface area contributed by atoms with Gasteiger partial charge in [0.05, 0.1) is 12.0 Å². The van der Waals surface area contributed by atoms with E-state index in [-0.39, 0.29) is 12.5 Å². The first-order valence-corrected chi connectivity index (χ1v) is 8.20. The van der Waals surface area contributed by atoms with Crippen molar-refractivity contribution in [2.24, 2.45) is 0 Å². The maximum absolute atomic E-state index is 12.1. The van der Waals surface area contributed by atoms with Crippen LogP contribution in [0.2, 0.25) is 0 Å². The van der Waals surface area contributed by atoms with Gasteiger partial charge in [0.1, 0.15) is 0 Å². The van der Waals surface area contributed by atoms with Gasteiger partial charge in [-0.3, -0.25) is 4.79 Å². The number of hydrogen-bond donors (Lipinski definition) is 3. The molecule has 1 aromatic rings. The molecule has 5 nitrogen and oxygen atoms in total. The lowest BCUT2D eigenvalue weighted by molar-refractivity contribution is -0.138. The molecule has 0 aliphatic heterocycles. The van der Waals surface area contributed by atoms with Crippen LogP contribution in [0.25, 0.3) is 0 Å². The molecular weight excluding hydrogens is 288 g/mol. The van der Waals surface area contributed by atoms with Gasteiger partial charge in [-0.05, 0) is 37.3 Å². The van der Waals surface area contributed by atoms with E-state index in [4.69, 9.17) is 5.11 Å². The van der Waals surface area contributed by atoms with Crippen LogP contribution in [0.3, 0.4) is 0 Å². The highest BCUT2D eigenvalue weighted by Crippen LogP contribution is 2.32. The van der Waals surface area contributed by atoms with Gasteiger partial charge >= 0.3 is 12.0 Å². The van der Waals surface area contributed by atoms with Crippen molar-refractivity contribution in [2.45, 2.75) is 42.5 Å². The van der Waals surface area contributed by atoms with Crippen molar-refractivity contribution in [1.29, 1.82) is 0 Å². The predicted octanol–water partition coefficient (Wildman–Crippen LogP) is 3.32. The Morgan fingerprint density at radius 3 is 2.67 bits per heavy atom. The minimum Gasteiger partial charge on any atom is -0.481 e. The fourth-order valence-electron chi connectivity index (χ4n) is 2.79. The van der Waals surface area contributed by atoms with Crippen molar-refractivity contribution in [3.05, 3.63) is 24.3 Å². The number of thioether (sulfide) groups is 1. The Labute approximate surface area is 128 Å². The summed E-state index contributed by atoms with van der Waals surface area (Å²) in [5, 5.41) is 14.7. The highest BCUT2D eigenvalue weighted by atomic mass is 32.2. The van der Waals surface area contributed by atoms with Gasteiger partial charge < -0.3 is 15.7 Å². The molecule has 0 spiro atoms. The molecule has 1 aliphatic carbocycles. The number of nitrogens with one attached hydrogen (secondary N) is 2. The van der Waals surface area contributed by atoms with E-state index in [0.717, 1.165) is 30.6 Å². The van der Waals surface area contributed by atoms with Crippen molar-refractivity contribution in [1.82, 2.24) is 5.32 Å². The monoisotopic (exact) mass is 308 g/mol. The highest BCUT2D eigenvalue weighted by molar-refractivity contribution is 7.98. The van der Waals surface area contributed by atoms with E-state index >= 15 is 0 Å². The Balaban J connectivity index is 2.00. The van der Waals surface area contributed by atoms with Crippen molar-refractivity contribution < 1.29 is 14.7 Å². The van der Waals surface area contributed by atoms with E-state index in [9.17, 15) is 9.59 Å². The smallest absolute Gasteiger partial charge is 0.319 e. The molecule has 1 saturated carbocycles. The zero-order chi connectivity index (χ0) is 15.3. The van der Waals surface area contributed by atoms with Crippen LogP contribution in [0.5, 0.6) is 0 Å². The largest absolute Gasteiger partial charge is 0.481 e. The maximum atomic E-state index is 12.1. The summed E-state index contributed by atoms with van der Waals surface area (Å²) in [5.74, 6) is -0.874. The standard InChI is InChI=1S/C15H20N2O3S/c1-21-12-6-4-5-11(9-12)16-14(20)17-15(10-13(18)19)7-2-3-8-15/h4-6,9H,2-3,7-8,10H2,1H3,(H,18,19)(H2,16,17,20). The first-order valence-electron chi connectivity index (χ1n) is 6.98. The van der Waals surface area contributed by atoms with Crippen molar-refractivity contribution in [3.63, 3.8) is 0 Å². The molecule has 2 amide bonds. The molecule has 1 aromatic carbocycles. The van der Waals surface area contributed by atoms with Gasteiger partial charge in [-0.2, -0.15) is 0 Å². The summed E-state index contributed by atoms with van der Waals surface area (Å²) in [6.45, 7) is 0. The van der Waals surface area contributed by atoms with E-state index in [1.54, 1.807) is 11.8 Å². The lowest BCUT2D eigenvalue weighted by Gasteiger charge is -2.28. The summed E-state index contributed by atoms with van der Waals surface area (Å²) in [7, 11) is 0. The molecule has 1 fully saturated rings. The molecule has 6 heteroatoms. The summed E-state index contributed by atoms with van der Waals surface area (Å²) in [6.07, 6.45) is 5.30. The van der Waals surface area contributed by atoms with Gasteiger partial charge in [0, 0.05) is 10.6 Å². The Morgan fingerprint density at radius 2 is 2.05 bits per heavy atom. The minimum atomic E-state index is -0.874. The summed E-state index contributed by atoms with van der Waals surface area (Å²) in [5.41, 5.74) is 0.107.